The fraction of sp³-hybridized carbons (Fsp3) is 0.261. The summed E-state index contributed by atoms with van der Waals surface area (Å²) in [7, 11) is 3.28. The number of anilines is 1. The van der Waals surface area contributed by atoms with Crippen molar-refractivity contribution < 1.29 is 14.0 Å². The van der Waals surface area contributed by atoms with Crippen LogP contribution in [0.3, 0.4) is 0 Å². The minimum Gasteiger partial charge on any atom is -0.493 e. The standard InChI is InChI=1S/C23H24N4O3S2/c1-15-4-7-17(8-5-15)19-13-18(30-27-19)14-31-23-26-25-22(32-23)24-11-10-16-6-9-20(28-2)21(12-16)29-3/h4-9,12-13H,10-11,14H2,1-3H3,(H,24,25). The fourth-order valence-electron chi connectivity index (χ4n) is 3.06. The second kappa shape index (κ2) is 10.5. The molecule has 9 heteroatoms. The Morgan fingerprint density at radius 1 is 1.00 bits per heavy atom. The molecule has 0 saturated heterocycles. The van der Waals surface area contributed by atoms with E-state index in [9.17, 15) is 0 Å². The lowest BCUT2D eigenvalue weighted by Gasteiger charge is -2.09. The van der Waals surface area contributed by atoms with Crippen LogP contribution in [-0.2, 0) is 12.2 Å². The summed E-state index contributed by atoms with van der Waals surface area (Å²) in [6.07, 6.45) is 0.836. The van der Waals surface area contributed by atoms with Gasteiger partial charge in [-0.1, -0.05) is 64.2 Å². The van der Waals surface area contributed by atoms with E-state index >= 15 is 0 Å². The summed E-state index contributed by atoms with van der Waals surface area (Å²) in [6.45, 7) is 2.81. The Morgan fingerprint density at radius 2 is 1.81 bits per heavy atom. The molecule has 0 amide bonds. The summed E-state index contributed by atoms with van der Waals surface area (Å²) < 4.78 is 17.0. The molecule has 0 aliphatic heterocycles. The van der Waals surface area contributed by atoms with E-state index in [-0.39, 0.29) is 0 Å². The number of aromatic nitrogens is 3. The van der Waals surface area contributed by atoms with E-state index in [1.165, 1.54) is 16.9 Å². The molecule has 2 aromatic carbocycles. The lowest BCUT2D eigenvalue weighted by Crippen LogP contribution is -2.04. The maximum absolute atomic E-state index is 5.48. The van der Waals surface area contributed by atoms with Crippen LogP contribution in [0.2, 0.25) is 0 Å². The number of ether oxygens (including phenoxy) is 2. The largest absolute Gasteiger partial charge is 0.493 e. The first-order valence-corrected chi connectivity index (χ1v) is 11.9. The third-order valence-electron chi connectivity index (χ3n) is 4.79. The predicted octanol–water partition coefficient (Wildman–Crippen LogP) is 5.47. The van der Waals surface area contributed by atoms with Gasteiger partial charge in [-0.2, -0.15) is 0 Å². The molecule has 0 saturated carbocycles. The summed E-state index contributed by atoms with van der Waals surface area (Å²) in [6, 6.07) is 16.2. The van der Waals surface area contributed by atoms with E-state index in [4.69, 9.17) is 14.0 Å². The maximum atomic E-state index is 5.48. The minimum atomic E-state index is 0.652. The van der Waals surface area contributed by atoms with Crippen LogP contribution < -0.4 is 14.8 Å². The Kier molecular flexibility index (Phi) is 7.28. The number of nitrogens with zero attached hydrogens (tertiary/aromatic N) is 3. The zero-order chi connectivity index (χ0) is 22.3. The van der Waals surface area contributed by atoms with Gasteiger partial charge in [0.25, 0.3) is 0 Å². The molecule has 2 heterocycles. The monoisotopic (exact) mass is 468 g/mol. The molecule has 0 aliphatic carbocycles. The van der Waals surface area contributed by atoms with E-state index < -0.39 is 0 Å². The van der Waals surface area contributed by atoms with Crippen molar-refractivity contribution in [3.8, 4) is 22.8 Å². The molecule has 7 nitrogen and oxygen atoms in total. The smallest absolute Gasteiger partial charge is 0.206 e. The van der Waals surface area contributed by atoms with Crippen molar-refractivity contribution in [1.29, 1.82) is 0 Å². The second-order valence-electron chi connectivity index (χ2n) is 7.07. The quantitative estimate of drug-likeness (QED) is 0.307. The van der Waals surface area contributed by atoms with Crippen LogP contribution in [0, 0.1) is 6.92 Å². The molecule has 0 fully saturated rings. The van der Waals surface area contributed by atoms with Crippen LogP contribution in [0.4, 0.5) is 5.13 Å². The van der Waals surface area contributed by atoms with Crippen LogP contribution in [0.25, 0.3) is 11.3 Å². The lowest BCUT2D eigenvalue weighted by atomic mass is 10.1. The first kappa shape index (κ1) is 22.2. The van der Waals surface area contributed by atoms with Gasteiger partial charge in [0.05, 0.1) is 20.0 Å². The third-order valence-corrected chi connectivity index (χ3v) is 6.83. The molecule has 166 valence electrons. The maximum Gasteiger partial charge on any atom is 0.206 e. The topological polar surface area (TPSA) is 82.3 Å². The zero-order valence-corrected chi connectivity index (χ0v) is 19.8. The molecular weight excluding hydrogens is 444 g/mol. The highest BCUT2D eigenvalue weighted by Crippen LogP contribution is 2.30. The van der Waals surface area contributed by atoms with Gasteiger partial charge < -0.3 is 19.3 Å². The highest BCUT2D eigenvalue weighted by molar-refractivity contribution is 8.00. The van der Waals surface area contributed by atoms with Gasteiger partial charge in [-0.25, -0.2) is 0 Å². The van der Waals surface area contributed by atoms with Crippen LogP contribution in [0.15, 0.2) is 57.4 Å². The van der Waals surface area contributed by atoms with E-state index in [1.807, 2.05) is 24.3 Å². The lowest BCUT2D eigenvalue weighted by molar-refractivity contribution is 0.354. The first-order valence-electron chi connectivity index (χ1n) is 10.1. The zero-order valence-electron chi connectivity index (χ0n) is 18.1. The first-order chi connectivity index (χ1) is 15.6. The molecule has 0 atom stereocenters. The Hall–Kier alpha value is -3.04. The Morgan fingerprint density at radius 3 is 2.59 bits per heavy atom. The summed E-state index contributed by atoms with van der Waals surface area (Å²) >= 11 is 3.11. The summed E-state index contributed by atoms with van der Waals surface area (Å²) in [4.78, 5) is 0. The molecule has 32 heavy (non-hydrogen) atoms. The predicted molar refractivity (Wildman–Crippen MR) is 128 cm³/mol. The Labute approximate surface area is 195 Å². The third kappa shape index (κ3) is 5.60. The molecule has 0 spiro atoms. The highest BCUT2D eigenvalue weighted by atomic mass is 32.2. The van der Waals surface area contributed by atoms with Gasteiger partial charge in [-0.05, 0) is 31.0 Å². The van der Waals surface area contributed by atoms with Crippen LogP contribution in [-0.4, -0.2) is 36.1 Å². The number of aryl methyl sites for hydroxylation is 1. The average Bonchev–Trinajstić information content (AvgIpc) is 3.48. The number of nitrogens with one attached hydrogen (secondary N) is 1. The number of rotatable bonds is 10. The van der Waals surface area contributed by atoms with Crippen LogP contribution in [0.5, 0.6) is 11.5 Å². The minimum absolute atomic E-state index is 0.652. The Balaban J connectivity index is 1.26. The fourth-order valence-corrected chi connectivity index (χ4v) is 4.72. The molecule has 0 unspecified atom stereocenters. The van der Waals surface area contributed by atoms with Crippen molar-refractivity contribution >= 4 is 28.2 Å². The van der Waals surface area contributed by atoms with Crippen molar-refractivity contribution in [2.45, 2.75) is 23.4 Å². The van der Waals surface area contributed by atoms with E-state index in [0.29, 0.717) is 5.75 Å². The molecule has 4 aromatic rings. The summed E-state index contributed by atoms with van der Waals surface area (Å²) in [5, 5.41) is 16.8. The van der Waals surface area contributed by atoms with E-state index in [0.717, 1.165) is 56.5 Å². The molecule has 4 rings (SSSR count). The van der Waals surface area contributed by atoms with Gasteiger partial charge in [0, 0.05) is 18.2 Å². The van der Waals surface area contributed by atoms with Crippen molar-refractivity contribution in [2.75, 3.05) is 26.1 Å². The van der Waals surface area contributed by atoms with Gasteiger partial charge in [-0.15, -0.1) is 10.2 Å². The van der Waals surface area contributed by atoms with Crippen molar-refractivity contribution in [3.05, 3.63) is 65.4 Å². The summed E-state index contributed by atoms with van der Waals surface area (Å²) in [5.74, 6) is 2.92. The number of methoxy groups -OCH3 is 2. The average molecular weight is 469 g/mol. The number of hydrogen-bond donors (Lipinski definition) is 1. The van der Waals surface area contributed by atoms with Crippen molar-refractivity contribution in [2.24, 2.45) is 0 Å². The van der Waals surface area contributed by atoms with Gasteiger partial charge in [0.1, 0.15) is 11.5 Å². The number of thioether (sulfide) groups is 1. The van der Waals surface area contributed by atoms with Crippen molar-refractivity contribution in [1.82, 2.24) is 15.4 Å². The normalized spacial score (nSPS) is 10.8. The second-order valence-corrected chi connectivity index (χ2v) is 9.27. The molecule has 0 aliphatic rings. The van der Waals surface area contributed by atoms with Crippen LogP contribution in [0.1, 0.15) is 16.9 Å². The van der Waals surface area contributed by atoms with Crippen molar-refractivity contribution in [3.63, 3.8) is 0 Å². The molecule has 0 radical (unpaired) electrons. The van der Waals surface area contributed by atoms with Gasteiger partial charge in [0.15, 0.2) is 15.8 Å². The SMILES string of the molecule is COc1ccc(CCNc2nnc(SCc3cc(-c4ccc(C)cc4)no3)s2)cc1OC. The Bertz CT molecular complexity index is 1160. The molecule has 2 aromatic heterocycles. The van der Waals surface area contributed by atoms with E-state index in [1.54, 1.807) is 26.0 Å². The van der Waals surface area contributed by atoms with Gasteiger partial charge in [0.2, 0.25) is 5.13 Å². The van der Waals surface area contributed by atoms with Gasteiger partial charge >= 0.3 is 0 Å². The molecular formula is C23H24N4O3S2. The highest BCUT2D eigenvalue weighted by Gasteiger charge is 2.10. The number of benzene rings is 2. The van der Waals surface area contributed by atoms with E-state index in [2.05, 4.69) is 51.9 Å². The number of hydrogen-bond acceptors (Lipinski definition) is 9. The van der Waals surface area contributed by atoms with Gasteiger partial charge in [-0.3, -0.25) is 0 Å². The molecule has 0 bridgehead atoms. The van der Waals surface area contributed by atoms with Crippen LogP contribution >= 0.6 is 23.1 Å². The molecule has 1 N–H and O–H groups in total. The summed E-state index contributed by atoms with van der Waals surface area (Å²) in [5.41, 5.74) is 4.27.